The largest absolute Gasteiger partial charge is 0.486 e. The molecular weight excluding hydrogens is 398 g/mol. The van der Waals surface area contributed by atoms with E-state index in [9.17, 15) is 4.79 Å². The van der Waals surface area contributed by atoms with Crippen LogP contribution < -0.4 is 15.0 Å². The minimum Gasteiger partial charge on any atom is -0.486 e. The van der Waals surface area contributed by atoms with E-state index in [2.05, 4.69) is 9.88 Å². The smallest absolute Gasteiger partial charge is 0.259 e. The molecule has 0 saturated heterocycles. The Kier molecular flexibility index (Phi) is 4.98. The molecule has 0 saturated carbocycles. The van der Waals surface area contributed by atoms with Crippen molar-refractivity contribution in [2.75, 3.05) is 20.2 Å². The van der Waals surface area contributed by atoms with E-state index in [1.54, 1.807) is 0 Å². The van der Waals surface area contributed by atoms with Crippen LogP contribution >= 0.6 is 11.3 Å². The zero-order chi connectivity index (χ0) is 20.5. The first kappa shape index (κ1) is 18.8. The summed E-state index contributed by atoms with van der Waals surface area (Å²) in [5, 5.41) is 0.630. The number of benzene rings is 2. The Balaban J connectivity index is 1.31. The molecule has 7 heteroatoms. The summed E-state index contributed by atoms with van der Waals surface area (Å²) >= 11 is 1.54. The summed E-state index contributed by atoms with van der Waals surface area (Å²) < 4.78 is 11.8. The molecule has 2 aromatic carbocycles. The first-order valence-corrected chi connectivity index (χ1v) is 10.6. The van der Waals surface area contributed by atoms with Crippen molar-refractivity contribution < 1.29 is 9.47 Å². The molecule has 1 aliphatic heterocycles. The number of hydrogen-bond acceptors (Lipinski definition) is 6. The summed E-state index contributed by atoms with van der Waals surface area (Å²) in [6, 6.07) is 19.6. The zero-order valence-electron chi connectivity index (χ0n) is 16.5. The van der Waals surface area contributed by atoms with Crippen molar-refractivity contribution in [3.05, 3.63) is 76.8 Å². The third-order valence-electron chi connectivity index (χ3n) is 5.01. The number of fused-ring (bicyclic) bond motifs is 2. The number of likely N-dealkylation sites (N-methyl/N-ethyl adjacent to an activating group) is 1. The molecule has 6 nitrogen and oxygen atoms in total. The average molecular weight is 420 g/mol. The second-order valence-electron chi connectivity index (χ2n) is 7.40. The minimum atomic E-state index is -0.104. The van der Waals surface area contributed by atoms with Crippen molar-refractivity contribution in [2.45, 2.75) is 12.6 Å². The molecule has 4 aromatic rings. The first-order valence-electron chi connectivity index (χ1n) is 9.81. The molecule has 0 spiro atoms. The quantitative estimate of drug-likeness (QED) is 0.531. The van der Waals surface area contributed by atoms with E-state index in [4.69, 9.17) is 14.5 Å². The number of nitrogens with one attached hydrogen (secondary N) is 1. The summed E-state index contributed by atoms with van der Waals surface area (Å²) in [6.07, 6.45) is -0.0771. The van der Waals surface area contributed by atoms with E-state index in [0.29, 0.717) is 30.9 Å². The van der Waals surface area contributed by atoms with Crippen LogP contribution in [0.3, 0.4) is 0 Å². The highest BCUT2D eigenvalue weighted by Crippen LogP contribution is 2.32. The SMILES string of the molecule is CN(Cc1nc2sc(-c3ccccc3)cc2c(=O)[nH]1)CC1COc2ccccc2O1. The molecule has 0 fully saturated rings. The number of thiophene rings is 1. The number of hydrogen-bond donors (Lipinski definition) is 1. The van der Waals surface area contributed by atoms with Gasteiger partial charge in [-0.15, -0.1) is 11.3 Å². The summed E-state index contributed by atoms with van der Waals surface area (Å²) in [7, 11) is 1.98. The van der Waals surface area contributed by atoms with Gasteiger partial charge in [-0.1, -0.05) is 42.5 Å². The van der Waals surface area contributed by atoms with Crippen molar-refractivity contribution in [1.29, 1.82) is 0 Å². The second kappa shape index (κ2) is 7.93. The molecule has 3 heterocycles. The average Bonchev–Trinajstić information content (AvgIpc) is 3.19. The van der Waals surface area contributed by atoms with E-state index in [-0.39, 0.29) is 11.7 Å². The van der Waals surface area contributed by atoms with Gasteiger partial charge in [-0.3, -0.25) is 9.69 Å². The van der Waals surface area contributed by atoms with Crippen LogP contribution in [0.4, 0.5) is 0 Å². The van der Waals surface area contributed by atoms with Crippen LogP contribution in [0.1, 0.15) is 5.82 Å². The molecule has 1 N–H and O–H groups in total. The molecule has 0 radical (unpaired) electrons. The summed E-state index contributed by atoms with van der Waals surface area (Å²) in [6.45, 7) is 1.68. The van der Waals surface area contributed by atoms with Gasteiger partial charge in [0, 0.05) is 11.4 Å². The third-order valence-corrected chi connectivity index (χ3v) is 6.09. The van der Waals surface area contributed by atoms with Crippen LogP contribution in [-0.2, 0) is 6.54 Å². The number of nitrogens with zero attached hydrogens (tertiary/aromatic N) is 2. The molecule has 5 rings (SSSR count). The molecule has 152 valence electrons. The predicted molar refractivity (Wildman–Crippen MR) is 118 cm³/mol. The molecule has 1 unspecified atom stereocenters. The van der Waals surface area contributed by atoms with Crippen molar-refractivity contribution in [2.24, 2.45) is 0 Å². The van der Waals surface area contributed by atoms with Crippen molar-refractivity contribution >= 4 is 21.6 Å². The maximum Gasteiger partial charge on any atom is 0.259 e. The summed E-state index contributed by atoms with van der Waals surface area (Å²) in [5.41, 5.74) is 0.987. The van der Waals surface area contributed by atoms with Gasteiger partial charge in [-0.05, 0) is 30.8 Å². The topological polar surface area (TPSA) is 67.5 Å². The normalized spacial score (nSPS) is 15.6. The zero-order valence-corrected chi connectivity index (χ0v) is 17.3. The van der Waals surface area contributed by atoms with Crippen molar-refractivity contribution in [3.63, 3.8) is 0 Å². The fourth-order valence-corrected chi connectivity index (χ4v) is 4.67. The van der Waals surface area contributed by atoms with Crippen LogP contribution in [0.15, 0.2) is 65.5 Å². The van der Waals surface area contributed by atoms with Gasteiger partial charge in [0.2, 0.25) is 0 Å². The molecule has 30 heavy (non-hydrogen) atoms. The lowest BCUT2D eigenvalue weighted by Crippen LogP contribution is -2.39. The number of H-pyrrole nitrogens is 1. The highest BCUT2D eigenvalue weighted by atomic mass is 32.1. The van der Waals surface area contributed by atoms with E-state index in [1.165, 1.54) is 11.3 Å². The lowest BCUT2D eigenvalue weighted by Gasteiger charge is -2.29. The van der Waals surface area contributed by atoms with Crippen LogP contribution in [0.2, 0.25) is 0 Å². The number of aromatic amines is 1. The van der Waals surface area contributed by atoms with Gasteiger partial charge in [0.25, 0.3) is 5.56 Å². The van der Waals surface area contributed by atoms with Gasteiger partial charge in [0.15, 0.2) is 11.5 Å². The van der Waals surface area contributed by atoms with Gasteiger partial charge in [0.05, 0.1) is 11.9 Å². The number of ether oxygens (including phenoxy) is 2. The second-order valence-corrected chi connectivity index (χ2v) is 8.43. The molecule has 0 amide bonds. The predicted octanol–water partition coefficient (Wildman–Crippen LogP) is 3.92. The number of aromatic nitrogens is 2. The summed E-state index contributed by atoms with van der Waals surface area (Å²) in [5.74, 6) is 2.19. The fraction of sp³-hybridized carbons (Fsp3) is 0.217. The Morgan fingerprint density at radius 3 is 2.73 bits per heavy atom. The van der Waals surface area contributed by atoms with Gasteiger partial charge >= 0.3 is 0 Å². The monoisotopic (exact) mass is 419 g/mol. The standard InChI is InChI=1S/C23H21N3O3S/c1-26(12-16-14-28-18-9-5-6-10-19(18)29-16)13-21-24-22(27)17-11-20(30-23(17)25-21)15-7-3-2-4-8-15/h2-11,16H,12-14H2,1H3,(H,24,25,27). The molecule has 1 atom stereocenters. The summed E-state index contributed by atoms with van der Waals surface area (Å²) in [4.78, 5) is 24.1. The van der Waals surface area contributed by atoms with E-state index < -0.39 is 0 Å². The van der Waals surface area contributed by atoms with Crippen LogP contribution in [0, 0.1) is 0 Å². The Bertz CT molecular complexity index is 1240. The highest BCUT2D eigenvalue weighted by Gasteiger charge is 2.22. The third kappa shape index (κ3) is 3.81. The van der Waals surface area contributed by atoms with Gasteiger partial charge in [-0.2, -0.15) is 0 Å². The van der Waals surface area contributed by atoms with Gasteiger partial charge < -0.3 is 14.5 Å². The Hall–Kier alpha value is -3.16. The van der Waals surface area contributed by atoms with Crippen LogP contribution in [0.25, 0.3) is 20.7 Å². The molecule has 2 aromatic heterocycles. The van der Waals surface area contributed by atoms with Crippen LogP contribution in [0.5, 0.6) is 11.5 Å². The maximum atomic E-state index is 12.6. The number of para-hydroxylation sites is 2. The van der Waals surface area contributed by atoms with E-state index in [0.717, 1.165) is 26.8 Å². The maximum absolute atomic E-state index is 12.6. The van der Waals surface area contributed by atoms with E-state index >= 15 is 0 Å². The Morgan fingerprint density at radius 1 is 1.13 bits per heavy atom. The van der Waals surface area contributed by atoms with Gasteiger partial charge in [-0.25, -0.2) is 4.98 Å². The lowest BCUT2D eigenvalue weighted by atomic mass is 10.2. The minimum absolute atomic E-state index is 0.0771. The van der Waals surface area contributed by atoms with Gasteiger partial charge in [0.1, 0.15) is 23.4 Å². The molecule has 0 aliphatic carbocycles. The fourth-order valence-electron chi connectivity index (χ4n) is 3.62. The lowest BCUT2D eigenvalue weighted by molar-refractivity contribution is 0.0632. The van der Waals surface area contributed by atoms with Crippen molar-refractivity contribution in [3.8, 4) is 21.9 Å². The Labute approximate surface area is 177 Å². The number of rotatable bonds is 5. The Morgan fingerprint density at radius 2 is 1.90 bits per heavy atom. The molecule has 0 bridgehead atoms. The molecular formula is C23H21N3O3S. The first-order chi connectivity index (χ1) is 14.7. The highest BCUT2D eigenvalue weighted by molar-refractivity contribution is 7.21. The van der Waals surface area contributed by atoms with Crippen LogP contribution in [-0.4, -0.2) is 41.2 Å². The van der Waals surface area contributed by atoms with Crippen molar-refractivity contribution in [1.82, 2.24) is 14.9 Å². The molecule has 1 aliphatic rings. The van der Waals surface area contributed by atoms with E-state index in [1.807, 2.05) is 67.7 Å².